The van der Waals surface area contributed by atoms with Crippen molar-refractivity contribution in [2.24, 2.45) is 0 Å². The van der Waals surface area contributed by atoms with E-state index < -0.39 is 0 Å². The molecule has 1 aromatic carbocycles. The largest absolute Gasteiger partial charge is 0.497 e. The summed E-state index contributed by atoms with van der Waals surface area (Å²) in [7, 11) is 1.59. The average molecular weight is 300 g/mol. The van der Waals surface area contributed by atoms with Gasteiger partial charge in [-0.15, -0.1) is 0 Å². The van der Waals surface area contributed by atoms with Crippen molar-refractivity contribution in [2.45, 2.75) is 13.3 Å². The normalized spacial score (nSPS) is 14.6. The highest BCUT2D eigenvalue weighted by molar-refractivity contribution is 5.95. The first-order chi connectivity index (χ1) is 10.7. The second-order valence-corrected chi connectivity index (χ2v) is 5.04. The molecule has 0 aromatic heterocycles. The summed E-state index contributed by atoms with van der Waals surface area (Å²) in [5.41, 5.74) is 0.633. The van der Waals surface area contributed by atoms with Crippen molar-refractivity contribution in [3.63, 3.8) is 0 Å². The van der Waals surface area contributed by atoms with Crippen LogP contribution in [0.2, 0.25) is 0 Å². The summed E-state index contributed by atoms with van der Waals surface area (Å²) in [6, 6.07) is 7.07. The first kappa shape index (κ1) is 15.9. The van der Waals surface area contributed by atoms with Crippen LogP contribution in [-0.4, -0.2) is 54.9 Å². The van der Waals surface area contributed by atoms with E-state index in [9.17, 15) is 9.59 Å². The Morgan fingerprint density at radius 2 is 1.68 bits per heavy atom. The molecule has 0 atom stereocenters. The summed E-state index contributed by atoms with van der Waals surface area (Å²) in [5.74, 6) is 5.72. The topological polar surface area (TPSA) is 49.9 Å². The van der Waals surface area contributed by atoms with Gasteiger partial charge in [-0.3, -0.25) is 9.59 Å². The highest BCUT2D eigenvalue weighted by atomic mass is 16.5. The number of hydrogen-bond donors (Lipinski definition) is 0. The van der Waals surface area contributed by atoms with E-state index in [1.807, 2.05) is 0 Å². The standard InChI is InChI=1S/C17H20N2O3/c1-3-5-16(20)18-10-4-11-19(13-12-18)17(21)14-6-8-15(22-2)9-7-14/h6-9H,4,10-13H2,1-2H3. The number of carbonyl (C=O) groups excluding carboxylic acids is 2. The van der Waals surface area contributed by atoms with Gasteiger partial charge in [0.15, 0.2) is 0 Å². The maximum atomic E-state index is 12.5. The third-order valence-electron chi connectivity index (χ3n) is 3.64. The summed E-state index contributed by atoms with van der Waals surface area (Å²) in [6.45, 7) is 3.99. The van der Waals surface area contributed by atoms with E-state index in [0.717, 1.165) is 12.2 Å². The quantitative estimate of drug-likeness (QED) is 0.776. The van der Waals surface area contributed by atoms with Crippen LogP contribution in [0.3, 0.4) is 0 Å². The number of benzene rings is 1. The molecule has 1 heterocycles. The molecule has 0 saturated carbocycles. The highest BCUT2D eigenvalue weighted by Gasteiger charge is 2.22. The maximum absolute atomic E-state index is 12.5. The fourth-order valence-electron chi connectivity index (χ4n) is 2.43. The van der Waals surface area contributed by atoms with Crippen molar-refractivity contribution in [3.05, 3.63) is 29.8 Å². The third kappa shape index (κ3) is 3.79. The zero-order chi connectivity index (χ0) is 15.9. The zero-order valence-electron chi connectivity index (χ0n) is 13.0. The smallest absolute Gasteiger partial charge is 0.298 e. The molecule has 0 spiro atoms. The Morgan fingerprint density at radius 1 is 1.05 bits per heavy atom. The molecule has 2 amide bonds. The molecule has 1 saturated heterocycles. The Balaban J connectivity index is 2.01. The Hall–Kier alpha value is -2.48. The van der Waals surface area contributed by atoms with Gasteiger partial charge < -0.3 is 14.5 Å². The molecule has 0 aliphatic carbocycles. The van der Waals surface area contributed by atoms with Crippen LogP contribution in [0.4, 0.5) is 0 Å². The first-order valence-corrected chi connectivity index (χ1v) is 7.30. The number of nitrogens with zero attached hydrogens (tertiary/aromatic N) is 2. The molecule has 0 radical (unpaired) electrons. The number of methoxy groups -OCH3 is 1. The average Bonchev–Trinajstić information content (AvgIpc) is 2.80. The van der Waals surface area contributed by atoms with Crippen LogP contribution in [-0.2, 0) is 4.79 Å². The molecule has 1 aliphatic rings. The Kier molecular flexibility index (Phi) is 5.42. The van der Waals surface area contributed by atoms with Gasteiger partial charge in [0.05, 0.1) is 7.11 Å². The van der Waals surface area contributed by atoms with Crippen LogP contribution in [0.5, 0.6) is 5.75 Å². The summed E-state index contributed by atoms with van der Waals surface area (Å²) < 4.78 is 5.10. The summed E-state index contributed by atoms with van der Waals surface area (Å²) >= 11 is 0. The molecule has 1 aliphatic heterocycles. The fraction of sp³-hybridized carbons (Fsp3) is 0.412. The SMILES string of the molecule is CC#CC(=O)N1CCCN(C(=O)c2ccc(OC)cc2)CC1. The van der Waals surface area contributed by atoms with E-state index in [4.69, 9.17) is 4.74 Å². The minimum Gasteiger partial charge on any atom is -0.497 e. The van der Waals surface area contributed by atoms with Crippen LogP contribution in [0, 0.1) is 11.8 Å². The number of ether oxygens (including phenoxy) is 1. The lowest BCUT2D eigenvalue weighted by Gasteiger charge is -2.21. The van der Waals surface area contributed by atoms with Crippen molar-refractivity contribution in [1.29, 1.82) is 0 Å². The minimum absolute atomic E-state index is 0.0153. The van der Waals surface area contributed by atoms with Crippen molar-refractivity contribution >= 4 is 11.8 Å². The van der Waals surface area contributed by atoms with Crippen LogP contribution in [0.15, 0.2) is 24.3 Å². The molecule has 5 nitrogen and oxygen atoms in total. The van der Waals surface area contributed by atoms with Crippen molar-refractivity contribution < 1.29 is 14.3 Å². The highest BCUT2D eigenvalue weighted by Crippen LogP contribution is 2.14. The zero-order valence-corrected chi connectivity index (χ0v) is 13.0. The predicted molar refractivity (Wildman–Crippen MR) is 83.5 cm³/mol. The summed E-state index contributed by atoms with van der Waals surface area (Å²) in [4.78, 5) is 27.8. The van der Waals surface area contributed by atoms with Crippen LogP contribution < -0.4 is 4.74 Å². The van der Waals surface area contributed by atoms with Gasteiger partial charge in [-0.2, -0.15) is 0 Å². The fourth-order valence-corrected chi connectivity index (χ4v) is 2.43. The molecular weight excluding hydrogens is 280 g/mol. The molecule has 22 heavy (non-hydrogen) atoms. The van der Waals surface area contributed by atoms with E-state index in [2.05, 4.69) is 11.8 Å². The van der Waals surface area contributed by atoms with E-state index in [1.165, 1.54) is 0 Å². The predicted octanol–water partition coefficient (Wildman–Crippen LogP) is 1.39. The number of hydrogen-bond acceptors (Lipinski definition) is 3. The van der Waals surface area contributed by atoms with Crippen molar-refractivity contribution in [1.82, 2.24) is 9.80 Å². The molecule has 1 aromatic rings. The van der Waals surface area contributed by atoms with Gasteiger partial charge in [0, 0.05) is 31.7 Å². The lowest BCUT2D eigenvalue weighted by atomic mass is 10.2. The second-order valence-electron chi connectivity index (χ2n) is 5.04. The molecular formula is C17H20N2O3. The van der Waals surface area contributed by atoms with Gasteiger partial charge in [0.1, 0.15) is 5.75 Å². The van der Waals surface area contributed by atoms with Gasteiger partial charge in [-0.25, -0.2) is 0 Å². The summed E-state index contributed by atoms with van der Waals surface area (Å²) in [6.07, 6.45) is 0.763. The maximum Gasteiger partial charge on any atom is 0.298 e. The van der Waals surface area contributed by atoms with Gasteiger partial charge in [0.2, 0.25) is 0 Å². The lowest BCUT2D eigenvalue weighted by Crippen LogP contribution is -2.36. The van der Waals surface area contributed by atoms with Crippen LogP contribution in [0.1, 0.15) is 23.7 Å². The second kappa shape index (κ2) is 7.51. The van der Waals surface area contributed by atoms with E-state index >= 15 is 0 Å². The minimum atomic E-state index is -0.166. The monoisotopic (exact) mass is 300 g/mol. The molecule has 0 bridgehead atoms. The number of rotatable bonds is 2. The first-order valence-electron chi connectivity index (χ1n) is 7.30. The number of carbonyl (C=O) groups is 2. The van der Waals surface area contributed by atoms with Crippen molar-refractivity contribution in [2.75, 3.05) is 33.3 Å². The van der Waals surface area contributed by atoms with Crippen LogP contribution >= 0.6 is 0 Å². The Morgan fingerprint density at radius 3 is 2.32 bits per heavy atom. The summed E-state index contributed by atoms with van der Waals surface area (Å²) in [5, 5.41) is 0. The molecule has 1 fully saturated rings. The Bertz CT molecular complexity index is 599. The van der Waals surface area contributed by atoms with E-state index in [0.29, 0.717) is 31.7 Å². The molecule has 0 unspecified atom stereocenters. The van der Waals surface area contributed by atoms with E-state index in [-0.39, 0.29) is 11.8 Å². The molecule has 0 N–H and O–H groups in total. The number of amides is 2. The van der Waals surface area contributed by atoms with E-state index in [1.54, 1.807) is 48.1 Å². The Labute approximate surface area is 130 Å². The van der Waals surface area contributed by atoms with Gasteiger partial charge in [-0.05, 0) is 43.5 Å². The lowest BCUT2D eigenvalue weighted by molar-refractivity contribution is -0.124. The van der Waals surface area contributed by atoms with Gasteiger partial charge >= 0.3 is 0 Å². The van der Waals surface area contributed by atoms with Gasteiger partial charge in [0.25, 0.3) is 11.8 Å². The van der Waals surface area contributed by atoms with Crippen molar-refractivity contribution in [3.8, 4) is 17.6 Å². The molecule has 116 valence electrons. The molecule has 5 heteroatoms. The third-order valence-corrected chi connectivity index (χ3v) is 3.64. The van der Waals surface area contributed by atoms with Gasteiger partial charge in [-0.1, -0.05) is 5.92 Å². The van der Waals surface area contributed by atoms with Crippen LogP contribution in [0.25, 0.3) is 0 Å². The molecule has 2 rings (SSSR count).